The molecule has 3 aromatic heterocycles. The number of nitrogens with zero attached hydrogens (tertiary/aromatic N) is 3. The van der Waals surface area contributed by atoms with Crippen LogP contribution in [0.3, 0.4) is 0 Å². The minimum Gasteiger partial charge on any atom is -0.477 e. The Morgan fingerprint density at radius 1 is 1.50 bits per heavy atom. The highest BCUT2D eigenvalue weighted by Gasteiger charge is 2.20. The Morgan fingerprint density at radius 3 is 2.86 bits per heavy atom. The van der Waals surface area contributed by atoms with Crippen molar-refractivity contribution in [3.8, 4) is 5.13 Å². The first kappa shape index (κ1) is 14.5. The summed E-state index contributed by atoms with van der Waals surface area (Å²) in [6.45, 7) is 0. The van der Waals surface area contributed by atoms with Gasteiger partial charge >= 0.3 is 5.97 Å². The lowest BCUT2D eigenvalue weighted by molar-refractivity contribution is 0.0695. The van der Waals surface area contributed by atoms with Crippen LogP contribution in [0.4, 0.5) is 5.69 Å². The Balaban J connectivity index is 2.54. The summed E-state index contributed by atoms with van der Waals surface area (Å²) < 4.78 is 1.46. The van der Waals surface area contributed by atoms with Crippen LogP contribution in [0.25, 0.3) is 16.2 Å². The van der Waals surface area contributed by atoms with Gasteiger partial charge in [-0.1, -0.05) is 11.6 Å². The molecule has 0 aliphatic carbocycles. The van der Waals surface area contributed by atoms with Crippen LogP contribution in [0.5, 0.6) is 0 Å². The number of fused-ring (bicyclic) bond motifs is 1. The molecule has 0 atom stereocenters. The van der Waals surface area contributed by atoms with E-state index in [0.29, 0.717) is 10.8 Å². The molecule has 3 aromatic rings. The molecule has 9 heteroatoms. The lowest BCUT2D eigenvalue weighted by Crippen LogP contribution is -2.20. The van der Waals surface area contributed by atoms with Gasteiger partial charge in [0.2, 0.25) is 5.43 Å². The zero-order valence-electron chi connectivity index (χ0n) is 11.2. The minimum atomic E-state index is -1.31. The monoisotopic (exact) mass is 336 g/mol. The Kier molecular flexibility index (Phi) is 3.55. The number of hydrogen-bond acceptors (Lipinski definition) is 6. The fourth-order valence-corrected chi connectivity index (χ4v) is 2.92. The highest BCUT2D eigenvalue weighted by Crippen LogP contribution is 2.25. The second kappa shape index (κ2) is 5.39. The average molecular weight is 337 g/mol. The summed E-state index contributed by atoms with van der Waals surface area (Å²) in [5, 5.41) is 14.7. The number of aromatic carboxylic acids is 1. The number of nitrogens with one attached hydrogen (secondary N) is 1. The van der Waals surface area contributed by atoms with E-state index in [2.05, 4.69) is 15.3 Å². The van der Waals surface area contributed by atoms with Gasteiger partial charge in [-0.3, -0.25) is 9.36 Å². The molecule has 3 heterocycles. The molecule has 0 amide bonds. The van der Waals surface area contributed by atoms with Gasteiger partial charge < -0.3 is 10.4 Å². The van der Waals surface area contributed by atoms with E-state index in [1.165, 1.54) is 28.2 Å². The van der Waals surface area contributed by atoms with Crippen LogP contribution in [0.1, 0.15) is 10.4 Å². The molecule has 112 valence electrons. The van der Waals surface area contributed by atoms with Crippen molar-refractivity contribution in [2.24, 2.45) is 0 Å². The van der Waals surface area contributed by atoms with Crippen LogP contribution in [-0.4, -0.2) is 32.7 Å². The summed E-state index contributed by atoms with van der Waals surface area (Å²) in [4.78, 5) is 32.1. The number of aromatic nitrogens is 3. The van der Waals surface area contributed by atoms with Gasteiger partial charge in [0.1, 0.15) is 10.7 Å². The summed E-state index contributed by atoms with van der Waals surface area (Å²) in [5.41, 5.74) is -0.317. The summed E-state index contributed by atoms with van der Waals surface area (Å²) in [6, 6.07) is 1.48. The van der Waals surface area contributed by atoms with E-state index < -0.39 is 11.4 Å². The topological polar surface area (TPSA) is 97.1 Å². The molecule has 2 N–H and O–H groups in total. The number of rotatable bonds is 3. The highest BCUT2D eigenvalue weighted by atomic mass is 35.5. The fraction of sp³-hybridized carbons (Fsp3) is 0.0769. The van der Waals surface area contributed by atoms with E-state index in [1.54, 1.807) is 18.6 Å². The van der Waals surface area contributed by atoms with Gasteiger partial charge in [-0.2, -0.15) is 0 Å². The van der Waals surface area contributed by atoms with E-state index >= 15 is 0 Å². The van der Waals surface area contributed by atoms with E-state index in [9.17, 15) is 14.7 Å². The van der Waals surface area contributed by atoms with Crippen molar-refractivity contribution in [2.45, 2.75) is 0 Å². The number of carbonyl (C=O) groups is 1. The average Bonchev–Trinajstić information content (AvgIpc) is 3.00. The number of anilines is 1. The lowest BCUT2D eigenvalue weighted by atomic mass is 10.1. The molecule has 0 spiro atoms. The van der Waals surface area contributed by atoms with Gasteiger partial charge in [-0.15, -0.1) is 11.3 Å². The fourth-order valence-electron chi connectivity index (χ4n) is 2.11. The normalized spacial score (nSPS) is 10.8. The Bertz CT molecular complexity index is 937. The maximum Gasteiger partial charge on any atom is 0.341 e. The molecule has 0 saturated heterocycles. The quantitative estimate of drug-likeness (QED) is 0.712. The van der Waals surface area contributed by atoms with Crippen molar-refractivity contribution in [3.63, 3.8) is 0 Å². The first-order valence-corrected chi connectivity index (χ1v) is 7.35. The number of halogens is 1. The molecule has 7 nitrogen and oxygen atoms in total. The first-order valence-electron chi connectivity index (χ1n) is 6.09. The maximum absolute atomic E-state index is 12.4. The largest absolute Gasteiger partial charge is 0.477 e. The number of carboxylic acids is 1. The van der Waals surface area contributed by atoms with Crippen LogP contribution in [0.2, 0.25) is 5.15 Å². The second-order valence-electron chi connectivity index (χ2n) is 4.30. The van der Waals surface area contributed by atoms with Crippen molar-refractivity contribution in [2.75, 3.05) is 12.4 Å². The Morgan fingerprint density at radius 2 is 2.27 bits per heavy atom. The first-order chi connectivity index (χ1) is 10.5. The molecule has 0 radical (unpaired) electrons. The smallest absolute Gasteiger partial charge is 0.341 e. The summed E-state index contributed by atoms with van der Waals surface area (Å²) in [7, 11) is 1.62. The standard InChI is InChI=1S/C13H9ClN4O3S/c1-15-7-4-8(14)17-11-9(7)10(19)6(12(20)21)5-18(11)13-16-2-3-22-13/h2-5H,1H3,(H,15,17)(H,20,21). The molecule has 0 bridgehead atoms. The third-order valence-corrected chi connectivity index (χ3v) is 4.02. The van der Waals surface area contributed by atoms with Crippen molar-refractivity contribution in [1.29, 1.82) is 0 Å². The molecule has 0 saturated carbocycles. The van der Waals surface area contributed by atoms with E-state index in [4.69, 9.17) is 11.6 Å². The predicted octanol–water partition coefficient (Wildman–Crippen LogP) is 2.24. The molecule has 22 heavy (non-hydrogen) atoms. The second-order valence-corrected chi connectivity index (χ2v) is 5.56. The van der Waals surface area contributed by atoms with Crippen molar-refractivity contribution < 1.29 is 9.90 Å². The molecular formula is C13H9ClN4O3S. The highest BCUT2D eigenvalue weighted by molar-refractivity contribution is 7.12. The third-order valence-electron chi connectivity index (χ3n) is 3.05. The van der Waals surface area contributed by atoms with Gasteiger partial charge in [0.25, 0.3) is 0 Å². The molecule has 0 aliphatic heterocycles. The third kappa shape index (κ3) is 2.22. The molecular weight excluding hydrogens is 328 g/mol. The molecule has 0 aliphatic rings. The van der Waals surface area contributed by atoms with Gasteiger partial charge in [0, 0.05) is 24.8 Å². The van der Waals surface area contributed by atoms with Crippen molar-refractivity contribution in [1.82, 2.24) is 14.5 Å². The zero-order chi connectivity index (χ0) is 15.9. The SMILES string of the molecule is CNc1cc(Cl)nc2c1c(=O)c(C(=O)O)cn2-c1nccs1. The van der Waals surface area contributed by atoms with Gasteiger partial charge in [0.15, 0.2) is 10.8 Å². The van der Waals surface area contributed by atoms with Crippen molar-refractivity contribution in [3.05, 3.63) is 44.8 Å². The van der Waals surface area contributed by atoms with Crippen molar-refractivity contribution >= 4 is 45.6 Å². The molecule has 3 rings (SSSR count). The van der Waals surface area contributed by atoms with E-state index in [-0.39, 0.29) is 21.7 Å². The summed E-state index contributed by atoms with van der Waals surface area (Å²) in [6.07, 6.45) is 2.79. The van der Waals surface area contributed by atoms with Gasteiger partial charge in [0.05, 0.1) is 11.1 Å². The van der Waals surface area contributed by atoms with Gasteiger partial charge in [-0.25, -0.2) is 14.8 Å². The zero-order valence-corrected chi connectivity index (χ0v) is 12.8. The van der Waals surface area contributed by atoms with Crippen LogP contribution >= 0.6 is 22.9 Å². The lowest BCUT2D eigenvalue weighted by Gasteiger charge is -2.12. The Labute approximate surface area is 132 Å². The molecule has 0 aromatic carbocycles. The molecule has 0 unspecified atom stereocenters. The summed E-state index contributed by atoms with van der Waals surface area (Å²) in [5.74, 6) is -1.31. The van der Waals surface area contributed by atoms with Crippen LogP contribution < -0.4 is 10.7 Å². The van der Waals surface area contributed by atoms with E-state index in [1.807, 2.05) is 0 Å². The summed E-state index contributed by atoms with van der Waals surface area (Å²) >= 11 is 7.28. The Hall–Kier alpha value is -2.45. The van der Waals surface area contributed by atoms with Crippen LogP contribution in [-0.2, 0) is 0 Å². The van der Waals surface area contributed by atoms with Crippen LogP contribution in [0, 0.1) is 0 Å². The molecule has 0 fully saturated rings. The number of thiazole rings is 1. The number of hydrogen-bond donors (Lipinski definition) is 2. The number of carboxylic acid groups (broad SMARTS) is 1. The maximum atomic E-state index is 12.4. The van der Waals surface area contributed by atoms with Gasteiger partial charge in [-0.05, 0) is 6.07 Å². The van der Waals surface area contributed by atoms with E-state index in [0.717, 1.165) is 0 Å². The predicted molar refractivity (Wildman–Crippen MR) is 84.5 cm³/mol. The number of pyridine rings is 2. The van der Waals surface area contributed by atoms with Crippen LogP contribution in [0.15, 0.2) is 28.6 Å². The minimum absolute atomic E-state index is 0.155.